The molecule has 96 valence electrons. The molecule has 0 bridgehead atoms. The van der Waals surface area contributed by atoms with E-state index >= 15 is 0 Å². The topological polar surface area (TPSA) is 58.9 Å². The van der Waals surface area contributed by atoms with Crippen LogP contribution in [-0.2, 0) is 4.84 Å². The van der Waals surface area contributed by atoms with Gasteiger partial charge in [-0.05, 0) is 23.6 Å². The lowest BCUT2D eigenvalue weighted by atomic mass is 10.0. The molecule has 0 aliphatic rings. The van der Waals surface area contributed by atoms with Gasteiger partial charge in [0.25, 0.3) is 0 Å². The molecule has 0 saturated carbocycles. The minimum atomic E-state index is -1.42. The van der Waals surface area contributed by atoms with E-state index in [-0.39, 0.29) is 0 Å². The van der Waals surface area contributed by atoms with Crippen molar-refractivity contribution in [2.45, 2.75) is 6.92 Å². The van der Waals surface area contributed by atoms with Crippen LogP contribution in [0.5, 0.6) is 0 Å². The fourth-order valence-corrected chi connectivity index (χ4v) is 1.69. The van der Waals surface area contributed by atoms with E-state index in [1.54, 1.807) is 6.92 Å². The van der Waals surface area contributed by atoms with Crippen molar-refractivity contribution in [3.63, 3.8) is 0 Å². The zero-order valence-corrected chi connectivity index (χ0v) is 10.4. The summed E-state index contributed by atoms with van der Waals surface area (Å²) in [6.07, 6.45) is -1.42. The van der Waals surface area contributed by atoms with E-state index in [1.807, 2.05) is 54.6 Å². The molecule has 0 aliphatic heterocycles. The highest BCUT2D eigenvalue weighted by atomic mass is 16.7. The Morgan fingerprint density at radius 2 is 1.58 bits per heavy atom. The van der Waals surface area contributed by atoms with Gasteiger partial charge in [0.05, 0.1) is 5.71 Å². The number of benzene rings is 2. The predicted octanol–water partition coefficient (Wildman–Crippen LogP) is 3.77. The third kappa shape index (κ3) is 3.42. The summed E-state index contributed by atoms with van der Waals surface area (Å²) in [4.78, 5) is 14.4. The molecule has 0 aliphatic carbocycles. The lowest BCUT2D eigenvalue weighted by Crippen LogP contribution is -2.00. The van der Waals surface area contributed by atoms with Gasteiger partial charge < -0.3 is 5.11 Å². The molecule has 0 heterocycles. The van der Waals surface area contributed by atoms with Crippen molar-refractivity contribution in [2.75, 3.05) is 0 Å². The van der Waals surface area contributed by atoms with Crippen LogP contribution in [0.2, 0.25) is 0 Å². The zero-order chi connectivity index (χ0) is 13.7. The van der Waals surface area contributed by atoms with E-state index in [1.165, 1.54) is 0 Å². The first kappa shape index (κ1) is 12.8. The molecule has 2 rings (SSSR count). The normalized spacial score (nSPS) is 11.1. The Bertz CT molecular complexity index is 589. The van der Waals surface area contributed by atoms with E-state index in [4.69, 9.17) is 5.11 Å². The van der Waals surface area contributed by atoms with Crippen LogP contribution in [0.1, 0.15) is 12.5 Å². The number of hydrogen-bond acceptors (Lipinski definition) is 3. The molecule has 1 N–H and O–H groups in total. The van der Waals surface area contributed by atoms with Crippen molar-refractivity contribution in [1.29, 1.82) is 0 Å². The smallest absolute Gasteiger partial charge is 0.448 e. The highest BCUT2D eigenvalue weighted by Gasteiger charge is 2.02. The van der Waals surface area contributed by atoms with E-state index in [0.717, 1.165) is 16.7 Å². The third-order valence-electron chi connectivity index (χ3n) is 2.67. The summed E-state index contributed by atoms with van der Waals surface area (Å²) in [6.45, 7) is 1.69. The summed E-state index contributed by atoms with van der Waals surface area (Å²) in [5.41, 5.74) is 3.56. The number of nitrogens with zero attached hydrogens (tertiary/aromatic N) is 1. The van der Waals surface area contributed by atoms with Crippen LogP contribution in [0.4, 0.5) is 4.79 Å². The van der Waals surface area contributed by atoms with Crippen molar-refractivity contribution in [2.24, 2.45) is 5.16 Å². The minimum absolute atomic E-state index is 0.516. The van der Waals surface area contributed by atoms with Gasteiger partial charge in [-0.2, -0.15) is 0 Å². The maximum atomic E-state index is 10.2. The molecule has 0 fully saturated rings. The van der Waals surface area contributed by atoms with Crippen LogP contribution in [0.3, 0.4) is 0 Å². The van der Waals surface area contributed by atoms with Gasteiger partial charge in [-0.1, -0.05) is 59.8 Å². The minimum Gasteiger partial charge on any atom is -0.448 e. The first-order chi connectivity index (χ1) is 9.16. The van der Waals surface area contributed by atoms with Crippen molar-refractivity contribution in [3.8, 4) is 11.1 Å². The molecule has 0 unspecified atom stereocenters. The van der Waals surface area contributed by atoms with Gasteiger partial charge in [-0.15, -0.1) is 0 Å². The second kappa shape index (κ2) is 5.82. The zero-order valence-electron chi connectivity index (χ0n) is 10.4. The Morgan fingerprint density at radius 1 is 1.00 bits per heavy atom. The van der Waals surface area contributed by atoms with E-state index in [9.17, 15) is 4.79 Å². The van der Waals surface area contributed by atoms with E-state index < -0.39 is 6.16 Å². The van der Waals surface area contributed by atoms with Gasteiger partial charge >= 0.3 is 6.16 Å². The molecule has 2 aromatic carbocycles. The molecule has 0 radical (unpaired) electrons. The highest BCUT2D eigenvalue weighted by Crippen LogP contribution is 2.19. The van der Waals surface area contributed by atoms with Gasteiger partial charge in [0.15, 0.2) is 0 Å². The molecule has 0 saturated heterocycles. The third-order valence-corrected chi connectivity index (χ3v) is 2.67. The summed E-state index contributed by atoms with van der Waals surface area (Å²) < 4.78 is 0. The van der Waals surface area contributed by atoms with Gasteiger partial charge in [0, 0.05) is 0 Å². The molecule has 2 aromatic rings. The fraction of sp³-hybridized carbons (Fsp3) is 0.0667. The summed E-state index contributed by atoms with van der Waals surface area (Å²) in [6, 6.07) is 17.7. The number of oxime groups is 1. The SMILES string of the molecule is CC(=NOC(=O)O)c1ccc(-c2ccccc2)cc1. The average Bonchev–Trinajstić information content (AvgIpc) is 2.46. The highest BCUT2D eigenvalue weighted by molar-refractivity contribution is 5.98. The van der Waals surface area contributed by atoms with E-state index in [0.29, 0.717) is 5.71 Å². The van der Waals surface area contributed by atoms with Gasteiger partial charge in [-0.3, -0.25) is 4.84 Å². The van der Waals surface area contributed by atoms with Crippen LogP contribution >= 0.6 is 0 Å². The molecule has 0 spiro atoms. The summed E-state index contributed by atoms with van der Waals surface area (Å²) in [7, 11) is 0. The quantitative estimate of drug-likeness (QED) is 0.516. The second-order valence-electron chi connectivity index (χ2n) is 3.98. The van der Waals surface area contributed by atoms with Crippen LogP contribution in [-0.4, -0.2) is 17.0 Å². The molecular formula is C15H13NO3. The Kier molecular flexibility index (Phi) is 3.93. The molecule has 0 aromatic heterocycles. The van der Waals surface area contributed by atoms with Gasteiger partial charge in [0.2, 0.25) is 0 Å². The summed E-state index contributed by atoms with van der Waals surface area (Å²) >= 11 is 0. The molecule has 4 nitrogen and oxygen atoms in total. The summed E-state index contributed by atoms with van der Waals surface area (Å²) in [5, 5.41) is 11.9. The Morgan fingerprint density at radius 3 is 2.16 bits per heavy atom. The molecule has 0 atom stereocenters. The maximum Gasteiger partial charge on any atom is 0.532 e. The van der Waals surface area contributed by atoms with E-state index in [2.05, 4.69) is 9.99 Å². The Hall–Kier alpha value is -2.62. The number of rotatable bonds is 3. The number of carbonyl (C=O) groups is 1. The van der Waals surface area contributed by atoms with Crippen LogP contribution in [0.25, 0.3) is 11.1 Å². The largest absolute Gasteiger partial charge is 0.532 e. The first-order valence-electron chi connectivity index (χ1n) is 5.77. The monoisotopic (exact) mass is 255 g/mol. The first-order valence-corrected chi connectivity index (χ1v) is 5.77. The van der Waals surface area contributed by atoms with Crippen LogP contribution < -0.4 is 0 Å². The van der Waals surface area contributed by atoms with Crippen molar-refractivity contribution in [1.82, 2.24) is 0 Å². The number of hydrogen-bond donors (Lipinski definition) is 1. The lowest BCUT2D eigenvalue weighted by molar-refractivity contribution is 0.0948. The van der Waals surface area contributed by atoms with Crippen molar-refractivity contribution < 1.29 is 14.7 Å². The molecule has 0 amide bonds. The number of carboxylic acid groups (broad SMARTS) is 1. The van der Waals surface area contributed by atoms with Crippen LogP contribution in [0, 0.1) is 0 Å². The average molecular weight is 255 g/mol. The maximum absolute atomic E-state index is 10.2. The van der Waals surface area contributed by atoms with Gasteiger partial charge in [0.1, 0.15) is 0 Å². The molecule has 19 heavy (non-hydrogen) atoms. The molecular weight excluding hydrogens is 242 g/mol. The summed E-state index contributed by atoms with van der Waals surface area (Å²) in [5.74, 6) is 0. The predicted molar refractivity (Wildman–Crippen MR) is 73.2 cm³/mol. The fourth-order valence-electron chi connectivity index (χ4n) is 1.69. The second-order valence-corrected chi connectivity index (χ2v) is 3.98. The van der Waals surface area contributed by atoms with Gasteiger partial charge in [-0.25, -0.2) is 4.79 Å². The van der Waals surface area contributed by atoms with Crippen LogP contribution in [0.15, 0.2) is 59.8 Å². The Labute approximate surface area is 111 Å². The standard InChI is InChI=1S/C15H13NO3/c1-11(16-19-15(17)18)12-7-9-14(10-8-12)13-5-3-2-4-6-13/h2-10H,1H3,(H,17,18). The van der Waals surface area contributed by atoms with Crippen molar-refractivity contribution in [3.05, 3.63) is 60.2 Å². The van der Waals surface area contributed by atoms with Crippen molar-refractivity contribution >= 4 is 11.9 Å². The lowest BCUT2D eigenvalue weighted by Gasteiger charge is -2.03. The Balaban J connectivity index is 2.19. The molecule has 4 heteroatoms.